The maximum absolute atomic E-state index is 11.9. The lowest BCUT2D eigenvalue weighted by Crippen LogP contribution is -2.43. The van der Waals surface area contributed by atoms with E-state index < -0.39 is 6.10 Å². The molecule has 0 aliphatic rings. The summed E-state index contributed by atoms with van der Waals surface area (Å²) in [7, 11) is 3.19. The van der Waals surface area contributed by atoms with Gasteiger partial charge in [0.15, 0.2) is 0 Å². The minimum atomic E-state index is -0.579. The molecule has 5 heteroatoms. The average Bonchev–Trinajstić information content (AvgIpc) is 2.42. The lowest BCUT2D eigenvalue weighted by Gasteiger charge is -2.22. The highest BCUT2D eigenvalue weighted by atomic mass is 16.5. The molecule has 0 spiro atoms. The van der Waals surface area contributed by atoms with Crippen molar-refractivity contribution < 1.29 is 14.3 Å². The van der Waals surface area contributed by atoms with Crippen LogP contribution in [-0.4, -0.2) is 50.8 Å². The van der Waals surface area contributed by atoms with E-state index in [0.29, 0.717) is 13.2 Å². The first kappa shape index (κ1) is 15.5. The summed E-state index contributed by atoms with van der Waals surface area (Å²) in [4.78, 5) is 13.4. The normalized spacial score (nSPS) is 12.0. The Morgan fingerprint density at radius 1 is 1.37 bits per heavy atom. The number of hydrogen-bond donors (Lipinski definition) is 1. The highest BCUT2D eigenvalue weighted by Crippen LogP contribution is 2.11. The van der Waals surface area contributed by atoms with Crippen LogP contribution in [0.15, 0.2) is 24.3 Å². The van der Waals surface area contributed by atoms with E-state index in [2.05, 4.69) is 0 Å². The minimum Gasteiger partial charge on any atom is -0.492 e. The van der Waals surface area contributed by atoms with Crippen molar-refractivity contribution in [2.24, 2.45) is 5.73 Å². The highest BCUT2D eigenvalue weighted by Gasteiger charge is 2.19. The van der Waals surface area contributed by atoms with E-state index in [4.69, 9.17) is 15.2 Å². The number of carbonyl (C=O) groups is 1. The van der Waals surface area contributed by atoms with Gasteiger partial charge in [-0.3, -0.25) is 4.79 Å². The van der Waals surface area contributed by atoms with Crippen molar-refractivity contribution in [3.63, 3.8) is 0 Å². The second kappa shape index (κ2) is 7.76. The van der Waals surface area contributed by atoms with E-state index in [9.17, 15) is 4.79 Å². The summed E-state index contributed by atoms with van der Waals surface area (Å²) in [5.74, 6) is 0.672. The van der Waals surface area contributed by atoms with Crippen molar-refractivity contribution in [1.82, 2.24) is 4.90 Å². The molecule has 0 saturated heterocycles. The number of nitrogens with zero attached hydrogens (tertiary/aromatic N) is 1. The number of nitrogens with two attached hydrogens (primary N) is 1. The van der Waals surface area contributed by atoms with Crippen molar-refractivity contribution in [3.05, 3.63) is 29.8 Å². The van der Waals surface area contributed by atoms with E-state index in [1.54, 1.807) is 11.9 Å². The van der Waals surface area contributed by atoms with Gasteiger partial charge in [0.1, 0.15) is 18.5 Å². The van der Waals surface area contributed by atoms with Crippen molar-refractivity contribution in [1.29, 1.82) is 0 Å². The maximum Gasteiger partial charge on any atom is 0.252 e. The Morgan fingerprint density at radius 3 is 2.53 bits per heavy atom. The Kier molecular flexibility index (Phi) is 6.32. The monoisotopic (exact) mass is 266 g/mol. The van der Waals surface area contributed by atoms with Crippen molar-refractivity contribution >= 4 is 5.91 Å². The van der Waals surface area contributed by atoms with Crippen LogP contribution in [0.2, 0.25) is 0 Å². The number of likely N-dealkylation sites (N-methyl/N-ethyl adjacent to an activating group) is 1. The van der Waals surface area contributed by atoms with Gasteiger partial charge in [-0.05, 0) is 19.1 Å². The van der Waals surface area contributed by atoms with Gasteiger partial charge in [0.2, 0.25) is 0 Å². The number of methoxy groups -OCH3 is 1. The molecule has 0 heterocycles. The van der Waals surface area contributed by atoms with Gasteiger partial charge in [-0.2, -0.15) is 0 Å². The summed E-state index contributed by atoms with van der Waals surface area (Å²) >= 11 is 0. The van der Waals surface area contributed by atoms with Crippen LogP contribution in [0.1, 0.15) is 5.56 Å². The molecule has 19 heavy (non-hydrogen) atoms. The Morgan fingerprint density at radius 2 is 2.00 bits per heavy atom. The highest BCUT2D eigenvalue weighted by molar-refractivity contribution is 5.80. The number of carbonyl (C=O) groups excluding carboxylic acids is 1. The Labute approximate surface area is 114 Å². The fourth-order valence-electron chi connectivity index (χ4n) is 1.59. The Balaban J connectivity index is 2.36. The molecule has 0 aromatic heterocycles. The first-order chi connectivity index (χ1) is 9.08. The van der Waals surface area contributed by atoms with E-state index in [0.717, 1.165) is 5.75 Å². The van der Waals surface area contributed by atoms with Gasteiger partial charge in [0.05, 0.1) is 6.54 Å². The molecule has 1 rings (SSSR count). The third-order valence-electron chi connectivity index (χ3n) is 2.87. The van der Waals surface area contributed by atoms with Crippen LogP contribution in [0, 0.1) is 6.92 Å². The van der Waals surface area contributed by atoms with Crippen LogP contribution < -0.4 is 10.5 Å². The van der Waals surface area contributed by atoms with Gasteiger partial charge in [-0.15, -0.1) is 0 Å². The van der Waals surface area contributed by atoms with Gasteiger partial charge >= 0.3 is 0 Å². The second-order valence-electron chi connectivity index (χ2n) is 4.38. The van der Waals surface area contributed by atoms with E-state index in [-0.39, 0.29) is 12.5 Å². The quantitative estimate of drug-likeness (QED) is 0.793. The van der Waals surface area contributed by atoms with Crippen molar-refractivity contribution in [2.75, 3.05) is 33.9 Å². The number of ether oxygens (including phenoxy) is 2. The first-order valence-corrected chi connectivity index (χ1v) is 6.25. The fraction of sp³-hybridized carbons (Fsp3) is 0.500. The number of amides is 1. The first-order valence-electron chi connectivity index (χ1n) is 6.25. The zero-order valence-electron chi connectivity index (χ0n) is 11.8. The van der Waals surface area contributed by atoms with Gasteiger partial charge in [0, 0.05) is 20.7 Å². The molecule has 0 aliphatic carbocycles. The molecule has 5 nitrogen and oxygen atoms in total. The van der Waals surface area contributed by atoms with E-state index in [1.165, 1.54) is 12.7 Å². The van der Waals surface area contributed by atoms with Crippen LogP contribution in [0.25, 0.3) is 0 Å². The molecule has 1 aromatic carbocycles. The number of hydrogen-bond acceptors (Lipinski definition) is 4. The number of aryl methyl sites for hydroxylation is 1. The van der Waals surface area contributed by atoms with Crippen LogP contribution in [0.3, 0.4) is 0 Å². The molecule has 1 amide bonds. The zero-order chi connectivity index (χ0) is 14.3. The van der Waals surface area contributed by atoms with Crippen LogP contribution in [0.4, 0.5) is 0 Å². The van der Waals surface area contributed by atoms with Crippen LogP contribution in [0.5, 0.6) is 5.75 Å². The molecule has 1 unspecified atom stereocenters. The molecule has 2 N–H and O–H groups in total. The topological polar surface area (TPSA) is 64.8 Å². The van der Waals surface area contributed by atoms with E-state index in [1.807, 2.05) is 31.2 Å². The largest absolute Gasteiger partial charge is 0.492 e. The summed E-state index contributed by atoms with van der Waals surface area (Å²) < 4.78 is 10.6. The minimum absolute atomic E-state index is 0.127. The SMILES string of the molecule is COC(CN)C(=O)N(C)CCOc1ccc(C)cc1. The summed E-state index contributed by atoms with van der Waals surface area (Å²) in [5, 5.41) is 0. The van der Waals surface area contributed by atoms with Crippen LogP contribution in [-0.2, 0) is 9.53 Å². The Bertz CT molecular complexity index is 388. The number of benzene rings is 1. The summed E-state index contributed by atoms with van der Waals surface area (Å²) in [6, 6.07) is 7.79. The summed E-state index contributed by atoms with van der Waals surface area (Å²) in [6.07, 6.45) is -0.579. The summed E-state index contributed by atoms with van der Waals surface area (Å²) in [5.41, 5.74) is 6.64. The standard InChI is InChI=1S/C14H22N2O3/c1-11-4-6-12(7-5-11)19-9-8-16(2)14(17)13(10-15)18-3/h4-7,13H,8-10,15H2,1-3H3. The molecule has 0 fully saturated rings. The molecule has 0 bridgehead atoms. The lowest BCUT2D eigenvalue weighted by molar-refractivity contribution is -0.140. The third-order valence-corrected chi connectivity index (χ3v) is 2.87. The van der Waals surface area contributed by atoms with Crippen LogP contribution >= 0.6 is 0 Å². The van der Waals surface area contributed by atoms with Gasteiger partial charge < -0.3 is 20.1 Å². The Hall–Kier alpha value is -1.59. The second-order valence-corrected chi connectivity index (χ2v) is 4.38. The molecule has 0 radical (unpaired) electrons. The van der Waals surface area contributed by atoms with Gasteiger partial charge in [-0.25, -0.2) is 0 Å². The predicted octanol–water partition coefficient (Wildman–Crippen LogP) is 0.806. The maximum atomic E-state index is 11.9. The fourth-order valence-corrected chi connectivity index (χ4v) is 1.59. The molecular weight excluding hydrogens is 244 g/mol. The number of rotatable bonds is 7. The zero-order valence-corrected chi connectivity index (χ0v) is 11.8. The molecular formula is C14H22N2O3. The van der Waals surface area contributed by atoms with Crippen molar-refractivity contribution in [3.8, 4) is 5.75 Å². The van der Waals surface area contributed by atoms with Crippen molar-refractivity contribution in [2.45, 2.75) is 13.0 Å². The van der Waals surface area contributed by atoms with Gasteiger partial charge in [0.25, 0.3) is 5.91 Å². The molecule has 1 aromatic rings. The van der Waals surface area contributed by atoms with Gasteiger partial charge in [-0.1, -0.05) is 17.7 Å². The average molecular weight is 266 g/mol. The molecule has 0 aliphatic heterocycles. The third kappa shape index (κ3) is 4.89. The molecule has 1 atom stereocenters. The molecule has 106 valence electrons. The summed E-state index contributed by atoms with van der Waals surface area (Å²) in [6.45, 7) is 3.13. The van der Waals surface area contributed by atoms with E-state index >= 15 is 0 Å². The predicted molar refractivity (Wildman–Crippen MR) is 74.2 cm³/mol. The lowest BCUT2D eigenvalue weighted by atomic mass is 10.2. The smallest absolute Gasteiger partial charge is 0.252 e. The molecule has 0 saturated carbocycles.